The van der Waals surface area contributed by atoms with Gasteiger partial charge in [0.1, 0.15) is 0 Å². The predicted octanol–water partition coefficient (Wildman–Crippen LogP) is 2.51. The van der Waals surface area contributed by atoms with Crippen molar-refractivity contribution in [3.05, 3.63) is 27.7 Å². The summed E-state index contributed by atoms with van der Waals surface area (Å²) in [6, 6.07) is 4.66. The summed E-state index contributed by atoms with van der Waals surface area (Å²) < 4.78 is 27.2. The Hall–Kier alpha value is 0.150. The molecule has 0 spiro atoms. The number of piperazine rings is 1. The van der Waals surface area contributed by atoms with Crippen LogP contribution in [0.1, 0.15) is 6.92 Å². The molecule has 0 radical (unpaired) electrons. The van der Waals surface area contributed by atoms with Crippen LogP contribution in [0, 0.1) is 0 Å². The monoisotopic (exact) mass is 388 g/mol. The third-order valence-electron chi connectivity index (χ3n) is 2.94. The van der Waals surface area contributed by atoms with E-state index in [0.717, 1.165) is 0 Å². The number of nitrogens with zero attached hydrogens (tertiary/aromatic N) is 1. The molecule has 0 aromatic heterocycles. The molecule has 1 aromatic carbocycles. The van der Waals surface area contributed by atoms with Gasteiger partial charge >= 0.3 is 0 Å². The Morgan fingerprint density at radius 2 is 2.16 bits per heavy atom. The van der Waals surface area contributed by atoms with Gasteiger partial charge in [-0.1, -0.05) is 11.6 Å². The maximum Gasteiger partial charge on any atom is 0.243 e. The molecule has 1 aromatic rings. The van der Waals surface area contributed by atoms with Crippen molar-refractivity contribution in [3.8, 4) is 0 Å². The fourth-order valence-corrected chi connectivity index (χ4v) is 4.10. The molecule has 0 saturated carbocycles. The van der Waals surface area contributed by atoms with Crippen LogP contribution in [0.5, 0.6) is 0 Å². The van der Waals surface area contributed by atoms with Crippen molar-refractivity contribution in [2.24, 2.45) is 0 Å². The van der Waals surface area contributed by atoms with Crippen molar-refractivity contribution in [1.29, 1.82) is 0 Å². The molecule has 19 heavy (non-hydrogen) atoms. The lowest BCUT2D eigenvalue weighted by Gasteiger charge is -2.32. The van der Waals surface area contributed by atoms with E-state index in [1.165, 1.54) is 10.4 Å². The number of hydrogen-bond donors (Lipinski definition) is 1. The third-order valence-corrected chi connectivity index (χ3v) is 6.18. The van der Waals surface area contributed by atoms with E-state index in [9.17, 15) is 8.42 Å². The van der Waals surface area contributed by atoms with E-state index in [1.54, 1.807) is 12.1 Å². The number of benzene rings is 1. The fourth-order valence-electron chi connectivity index (χ4n) is 1.95. The second kappa shape index (κ2) is 6.74. The normalized spacial score (nSPS) is 20.9. The van der Waals surface area contributed by atoms with E-state index in [0.29, 0.717) is 29.1 Å². The first-order valence-electron chi connectivity index (χ1n) is 5.60. The molecule has 108 valence electrons. The third kappa shape index (κ3) is 3.62. The van der Waals surface area contributed by atoms with Crippen molar-refractivity contribution in [3.63, 3.8) is 0 Å². The van der Waals surface area contributed by atoms with E-state index in [-0.39, 0.29) is 23.3 Å². The lowest BCUT2D eigenvalue weighted by molar-refractivity contribution is 0.284. The Bertz CT molecular complexity index is 554. The highest BCUT2D eigenvalue weighted by Crippen LogP contribution is 2.27. The van der Waals surface area contributed by atoms with Gasteiger partial charge in [0.2, 0.25) is 10.0 Å². The first-order valence-corrected chi connectivity index (χ1v) is 8.21. The second-order valence-electron chi connectivity index (χ2n) is 4.24. The summed E-state index contributed by atoms with van der Waals surface area (Å²) in [6.07, 6.45) is 0. The van der Waals surface area contributed by atoms with Crippen LogP contribution in [0.2, 0.25) is 5.02 Å². The maximum absolute atomic E-state index is 12.5. The van der Waals surface area contributed by atoms with E-state index >= 15 is 0 Å². The van der Waals surface area contributed by atoms with Crippen LogP contribution < -0.4 is 5.32 Å². The van der Waals surface area contributed by atoms with Gasteiger partial charge in [0.05, 0.1) is 9.92 Å². The minimum Gasteiger partial charge on any atom is -0.314 e. The minimum absolute atomic E-state index is 0. The predicted molar refractivity (Wildman–Crippen MR) is 82.6 cm³/mol. The average molecular weight is 390 g/mol. The first kappa shape index (κ1) is 17.2. The lowest BCUT2D eigenvalue weighted by atomic mass is 10.3. The number of sulfonamides is 1. The molecule has 8 heteroatoms. The van der Waals surface area contributed by atoms with Crippen molar-refractivity contribution in [2.75, 3.05) is 19.6 Å². The van der Waals surface area contributed by atoms with Crippen LogP contribution in [0.25, 0.3) is 0 Å². The number of nitrogens with one attached hydrogen (secondary N) is 1. The highest BCUT2D eigenvalue weighted by molar-refractivity contribution is 9.10. The molecule has 1 aliphatic rings. The van der Waals surface area contributed by atoms with Crippen LogP contribution in [-0.4, -0.2) is 38.4 Å². The van der Waals surface area contributed by atoms with Crippen LogP contribution in [0.4, 0.5) is 0 Å². The molecule has 1 unspecified atom stereocenters. The zero-order chi connectivity index (χ0) is 13.3. The molecule has 1 atom stereocenters. The Morgan fingerprint density at radius 1 is 1.47 bits per heavy atom. The van der Waals surface area contributed by atoms with E-state index < -0.39 is 10.0 Å². The van der Waals surface area contributed by atoms with Gasteiger partial charge in [-0.15, -0.1) is 12.4 Å². The molecule has 0 amide bonds. The van der Waals surface area contributed by atoms with Gasteiger partial charge in [-0.3, -0.25) is 0 Å². The van der Waals surface area contributed by atoms with Crippen molar-refractivity contribution in [1.82, 2.24) is 9.62 Å². The van der Waals surface area contributed by atoms with Crippen LogP contribution in [0.3, 0.4) is 0 Å². The van der Waals surface area contributed by atoms with E-state index in [4.69, 9.17) is 11.6 Å². The molecule has 1 N–H and O–H groups in total. The first-order chi connectivity index (χ1) is 8.43. The smallest absolute Gasteiger partial charge is 0.243 e. The molecule has 1 fully saturated rings. The summed E-state index contributed by atoms with van der Waals surface area (Å²) in [7, 11) is -3.46. The van der Waals surface area contributed by atoms with Gasteiger partial charge in [0.25, 0.3) is 0 Å². The molecule has 2 rings (SSSR count). The summed E-state index contributed by atoms with van der Waals surface area (Å²) >= 11 is 9.21. The fraction of sp³-hybridized carbons (Fsp3) is 0.455. The topological polar surface area (TPSA) is 49.4 Å². The van der Waals surface area contributed by atoms with Gasteiger partial charge in [-0.2, -0.15) is 4.31 Å². The number of rotatable bonds is 2. The van der Waals surface area contributed by atoms with Crippen LogP contribution in [0.15, 0.2) is 27.6 Å². The molecule has 1 aliphatic heterocycles. The highest BCUT2D eigenvalue weighted by atomic mass is 79.9. The maximum atomic E-state index is 12.5. The van der Waals surface area contributed by atoms with Crippen molar-refractivity contribution >= 4 is 50.0 Å². The molecule has 4 nitrogen and oxygen atoms in total. The summed E-state index contributed by atoms with van der Waals surface area (Å²) in [5.41, 5.74) is 0. The second-order valence-corrected chi connectivity index (χ2v) is 7.40. The Morgan fingerprint density at radius 3 is 2.74 bits per heavy atom. The Balaban J connectivity index is 0.00000180. The Kier molecular flexibility index (Phi) is 6.10. The molecule has 1 heterocycles. The molecular weight excluding hydrogens is 375 g/mol. The summed E-state index contributed by atoms with van der Waals surface area (Å²) in [5.74, 6) is 0. The van der Waals surface area contributed by atoms with Crippen molar-refractivity contribution < 1.29 is 8.42 Å². The molecule has 1 saturated heterocycles. The lowest BCUT2D eigenvalue weighted by Crippen LogP contribution is -2.52. The van der Waals surface area contributed by atoms with Crippen molar-refractivity contribution in [2.45, 2.75) is 17.9 Å². The minimum atomic E-state index is -3.46. The van der Waals surface area contributed by atoms with Gasteiger partial charge in [-0.05, 0) is 41.1 Å². The Labute approximate surface area is 133 Å². The number of halogens is 3. The van der Waals surface area contributed by atoms with E-state index in [1.807, 2.05) is 6.92 Å². The summed E-state index contributed by atoms with van der Waals surface area (Å²) in [5, 5.41) is 3.57. The van der Waals surface area contributed by atoms with Gasteiger partial charge in [-0.25, -0.2) is 8.42 Å². The number of hydrogen-bond acceptors (Lipinski definition) is 3. The molecule has 0 bridgehead atoms. The highest BCUT2D eigenvalue weighted by Gasteiger charge is 2.31. The van der Waals surface area contributed by atoms with Crippen LogP contribution in [-0.2, 0) is 10.0 Å². The zero-order valence-corrected chi connectivity index (χ0v) is 14.2. The zero-order valence-electron chi connectivity index (χ0n) is 10.3. The summed E-state index contributed by atoms with van der Waals surface area (Å²) in [6.45, 7) is 3.72. The van der Waals surface area contributed by atoms with Gasteiger partial charge < -0.3 is 5.32 Å². The van der Waals surface area contributed by atoms with Gasteiger partial charge in [0.15, 0.2) is 0 Å². The van der Waals surface area contributed by atoms with E-state index in [2.05, 4.69) is 21.2 Å². The average Bonchev–Trinajstić information content (AvgIpc) is 2.33. The quantitative estimate of drug-likeness (QED) is 0.845. The standard InChI is InChI=1S/C11H14BrClN2O2S.ClH/c1-8-7-14-4-5-15(8)18(16,17)9-2-3-10(12)11(13)6-9;/h2-3,6,8,14H,4-5,7H2,1H3;1H. The summed E-state index contributed by atoms with van der Waals surface area (Å²) in [4.78, 5) is 0.240. The molecule has 0 aliphatic carbocycles. The van der Waals surface area contributed by atoms with Gasteiger partial charge in [0, 0.05) is 30.1 Å². The molecular formula is C11H15BrCl2N2O2S. The SMILES string of the molecule is CC1CNCCN1S(=O)(=O)c1ccc(Br)c(Cl)c1.Cl. The largest absolute Gasteiger partial charge is 0.314 e. The van der Waals surface area contributed by atoms with Crippen LogP contribution >= 0.6 is 39.9 Å².